The average Bonchev–Trinajstić information content (AvgIpc) is 2.57. The van der Waals surface area contributed by atoms with Crippen molar-refractivity contribution in [2.24, 2.45) is 0 Å². The summed E-state index contributed by atoms with van der Waals surface area (Å²) in [6.45, 7) is 12.1. The Morgan fingerprint density at radius 2 is 1.85 bits per heavy atom. The summed E-state index contributed by atoms with van der Waals surface area (Å²) in [4.78, 5) is 0. The Morgan fingerprint density at radius 3 is 2.45 bits per heavy atom. The van der Waals surface area contributed by atoms with Gasteiger partial charge in [-0.25, -0.2) is 4.39 Å². The number of allylic oxidation sites excluding steroid dienone is 5. The molecule has 2 aliphatic rings. The van der Waals surface area contributed by atoms with Crippen molar-refractivity contribution >= 4 is 18.9 Å². The van der Waals surface area contributed by atoms with E-state index in [0.717, 1.165) is 11.0 Å². The van der Waals surface area contributed by atoms with Gasteiger partial charge >= 0.3 is 7.12 Å². The second kappa shape index (κ2) is 5.55. The Kier molecular flexibility index (Phi) is 4.33. The molecule has 0 aromatic heterocycles. The third-order valence-electron chi connectivity index (χ3n) is 3.88. The summed E-state index contributed by atoms with van der Waals surface area (Å²) in [5.41, 5.74) is 0.847. The van der Waals surface area contributed by atoms with Crippen LogP contribution in [-0.2, 0) is 9.31 Å². The second-order valence-electron chi connectivity index (χ2n) is 5.97. The summed E-state index contributed by atoms with van der Waals surface area (Å²) in [6, 6.07) is 0. The fourth-order valence-electron chi connectivity index (χ4n) is 1.88. The maximum Gasteiger partial charge on any atom is 0.495 e. The fourth-order valence-corrected chi connectivity index (χ4v) is 2.66. The van der Waals surface area contributed by atoms with Crippen molar-refractivity contribution in [2.75, 3.05) is 5.75 Å². The Hall–Kier alpha value is -0.775. The first kappa shape index (κ1) is 15.6. The summed E-state index contributed by atoms with van der Waals surface area (Å²) < 4.78 is 25.4. The quantitative estimate of drug-likeness (QED) is 0.675. The maximum absolute atomic E-state index is 13.3. The van der Waals surface area contributed by atoms with E-state index in [-0.39, 0.29) is 5.83 Å². The highest BCUT2D eigenvalue weighted by Crippen LogP contribution is 2.40. The van der Waals surface area contributed by atoms with Crippen molar-refractivity contribution in [3.8, 4) is 0 Å². The second-order valence-corrected chi connectivity index (χ2v) is 6.83. The number of hydrogen-bond donors (Lipinski definition) is 0. The highest BCUT2D eigenvalue weighted by atomic mass is 32.2. The van der Waals surface area contributed by atoms with Gasteiger partial charge in [0.25, 0.3) is 0 Å². The van der Waals surface area contributed by atoms with Crippen LogP contribution in [-0.4, -0.2) is 24.1 Å². The van der Waals surface area contributed by atoms with Gasteiger partial charge in [0.2, 0.25) is 0 Å². The molecule has 0 unspecified atom stereocenters. The Balaban J connectivity index is 2.24. The first-order chi connectivity index (χ1) is 9.23. The van der Waals surface area contributed by atoms with Gasteiger partial charge < -0.3 is 9.31 Å². The normalized spacial score (nSPS) is 29.9. The molecule has 2 aliphatic heterocycles. The molecule has 0 radical (unpaired) electrons. The summed E-state index contributed by atoms with van der Waals surface area (Å²) in [5, 5.41) is 1.88. The average molecular weight is 294 g/mol. The highest BCUT2D eigenvalue weighted by Gasteiger charge is 2.52. The van der Waals surface area contributed by atoms with E-state index in [9.17, 15) is 4.39 Å². The number of halogens is 1. The maximum atomic E-state index is 13.3. The largest absolute Gasteiger partial charge is 0.495 e. The van der Waals surface area contributed by atoms with E-state index in [2.05, 4.69) is 6.58 Å². The zero-order chi connectivity index (χ0) is 15.0. The molecule has 2 heterocycles. The molecule has 108 valence electrons. The molecule has 1 saturated heterocycles. The lowest BCUT2D eigenvalue weighted by Gasteiger charge is -2.32. The van der Waals surface area contributed by atoms with Gasteiger partial charge in [-0.3, -0.25) is 0 Å². The smallest absolute Gasteiger partial charge is 0.399 e. The highest BCUT2D eigenvalue weighted by molar-refractivity contribution is 8.02. The fraction of sp³-hybridized carbons (Fsp3) is 0.467. The van der Waals surface area contributed by atoms with E-state index < -0.39 is 18.3 Å². The van der Waals surface area contributed by atoms with Gasteiger partial charge in [-0.1, -0.05) is 18.7 Å². The van der Waals surface area contributed by atoms with Crippen molar-refractivity contribution in [1.82, 2.24) is 0 Å². The molecule has 1 fully saturated rings. The molecule has 0 bridgehead atoms. The molecule has 20 heavy (non-hydrogen) atoms. The Bertz CT molecular complexity index is 490. The van der Waals surface area contributed by atoms with Crippen LogP contribution in [0.2, 0.25) is 0 Å². The molecule has 0 N–H and O–H groups in total. The minimum absolute atomic E-state index is 0.162. The molecular formula is C15H20BFO2S. The summed E-state index contributed by atoms with van der Waals surface area (Å²) >= 11 is 1.38. The monoisotopic (exact) mass is 294 g/mol. The van der Waals surface area contributed by atoms with Crippen LogP contribution < -0.4 is 0 Å². The molecule has 5 heteroatoms. The predicted octanol–water partition coefficient (Wildman–Crippen LogP) is 4.21. The summed E-state index contributed by atoms with van der Waals surface area (Å²) in [7, 11) is -0.467. The molecule has 0 amide bonds. The van der Waals surface area contributed by atoms with E-state index in [1.165, 1.54) is 17.8 Å². The van der Waals surface area contributed by atoms with Crippen molar-refractivity contribution < 1.29 is 13.7 Å². The lowest BCUT2D eigenvalue weighted by atomic mass is 9.75. The Morgan fingerprint density at radius 1 is 1.25 bits per heavy atom. The van der Waals surface area contributed by atoms with E-state index in [4.69, 9.17) is 9.31 Å². The van der Waals surface area contributed by atoms with E-state index in [0.29, 0.717) is 5.75 Å². The van der Waals surface area contributed by atoms with E-state index >= 15 is 0 Å². The molecule has 0 aromatic rings. The molecule has 0 saturated carbocycles. The van der Waals surface area contributed by atoms with Crippen molar-refractivity contribution in [3.63, 3.8) is 0 Å². The van der Waals surface area contributed by atoms with Crippen LogP contribution in [0, 0.1) is 0 Å². The number of rotatable bonds is 1. The first-order valence-corrected chi connectivity index (χ1v) is 7.67. The van der Waals surface area contributed by atoms with Gasteiger partial charge in [-0.2, -0.15) is 0 Å². The van der Waals surface area contributed by atoms with Crippen molar-refractivity contribution in [1.29, 1.82) is 0 Å². The SMILES string of the molecule is C=C1/C=C\C=C(\F)CSC=C1B1OC(C)(C)C(C)(C)O1. The van der Waals surface area contributed by atoms with E-state index in [1.54, 1.807) is 12.2 Å². The molecule has 0 aliphatic carbocycles. The van der Waals surface area contributed by atoms with Crippen LogP contribution in [0.5, 0.6) is 0 Å². The summed E-state index contributed by atoms with van der Waals surface area (Å²) in [6.07, 6.45) is 4.91. The minimum Gasteiger partial charge on any atom is -0.399 e. The third-order valence-corrected chi connectivity index (χ3v) is 4.75. The van der Waals surface area contributed by atoms with Crippen molar-refractivity contribution in [2.45, 2.75) is 38.9 Å². The van der Waals surface area contributed by atoms with Crippen LogP contribution in [0.1, 0.15) is 27.7 Å². The van der Waals surface area contributed by atoms with Gasteiger partial charge in [0.05, 0.1) is 11.2 Å². The molecule has 2 nitrogen and oxygen atoms in total. The third kappa shape index (κ3) is 3.10. The number of thioether (sulfide) groups is 1. The van der Waals surface area contributed by atoms with Gasteiger partial charge in [0.15, 0.2) is 0 Å². The summed E-state index contributed by atoms with van der Waals surface area (Å²) in [5.74, 6) is 0.145. The van der Waals surface area contributed by atoms with Gasteiger partial charge in [-0.05, 0) is 50.2 Å². The molecule has 2 rings (SSSR count). The van der Waals surface area contributed by atoms with Gasteiger partial charge in [0.1, 0.15) is 5.83 Å². The Labute approximate surface area is 124 Å². The van der Waals surface area contributed by atoms with Gasteiger partial charge in [-0.15, -0.1) is 11.8 Å². The van der Waals surface area contributed by atoms with E-state index in [1.807, 2.05) is 33.1 Å². The van der Waals surface area contributed by atoms with Gasteiger partial charge in [0, 0.05) is 5.75 Å². The standard InChI is InChI=1S/C15H20BFO2S/c1-11-7-6-8-12(17)9-20-10-13(11)16-18-14(2,3)15(4,5)19-16/h6-8,10H,1,9H2,2-5H3/b7-6-,12-8+,13-10?. The lowest BCUT2D eigenvalue weighted by molar-refractivity contribution is 0.00578. The van der Waals surface area contributed by atoms with Crippen LogP contribution in [0.25, 0.3) is 0 Å². The van der Waals surface area contributed by atoms with Crippen LogP contribution in [0.15, 0.2) is 47.1 Å². The van der Waals surface area contributed by atoms with Crippen LogP contribution in [0.4, 0.5) is 4.39 Å². The zero-order valence-electron chi connectivity index (χ0n) is 12.4. The first-order valence-electron chi connectivity index (χ1n) is 6.62. The lowest BCUT2D eigenvalue weighted by Crippen LogP contribution is -2.41. The minimum atomic E-state index is -0.467. The molecule has 0 atom stereocenters. The molecule has 0 spiro atoms. The van der Waals surface area contributed by atoms with Crippen LogP contribution >= 0.6 is 11.8 Å². The molecular weight excluding hydrogens is 274 g/mol. The molecule has 0 aromatic carbocycles. The topological polar surface area (TPSA) is 18.5 Å². The number of hydrogen-bond acceptors (Lipinski definition) is 3. The van der Waals surface area contributed by atoms with Crippen LogP contribution in [0.3, 0.4) is 0 Å². The predicted molar refractivity (Wildman–Crippen MR) is 84.1 cm³/mol. The zero-order valence-corrected chi connectivity index (χ0v) is 13.2. The van der Waals surface area contributed by atoms with Crippen molar-refractivity contribution in [3.05, 3.63) is 47.1 Å².